The van der Waals surface area contributed by atoms with Crippen molar-refractivity contribution in [2.75, 3.05) is 0 Å². The Balaban J connectivity index is 2.81. The van der Waals surface area contributed by atoms with Crippen LogP contribution in [-0.2, 0) is 0 Å². The van der Waals surface area contributed by atoms with E-state index in [0.717, 1.165) is 12.8 Å². The van der Waals surface area contributed by atoms with Crippen LogP contribution in [-0.4, -0.2) is 18.5 Å². The molecule has 0 amide bonds. The summed E-state index contributed by atoms with van der Waals surface area (Å²) in [4.78, 5) is 0. The molecule has 178 valence electrons. The second-order valence-corrected chi connectivity index (χ2v) is 9.03. The molecule has 9 heteroatoms. The Bertz CT molecular complexity index is 508. The minimum atomic E-state index is -6.04. The first-order valence-electron chi connectivity index (χ1n) is 11.0. The summed E-state index contributed by atoms with van der Waals surface area (Å²) in [6.07, 6.45) is -17.9. The highest BCUT2D eigenvalue weighted by atomic mass is 19.4. The Morgan fingerprint density at radius 1 is 0.433 bits per heavy atom. The van der Waals surface area contributed by atoms with Crippen LogP contribution in [0.5, 0.6) is 0 Å². The lowest BCUT2D eigenvalue weighted by molar-refractivity contribution is -0.435. The summed E-state index contributed by atoms with van der Waals surface area (Å²) in [5, 5.41) is 0. The molecule has 0 aromatic carbocycles. The van der Waals surface area contributed by atoms with Crippen molar-refractivity contribution in [2.24, 2.45) is 16.7 Å². The van der Waals surface area contributed by atoms with Crippen LogP contribution in [0, 0.1) is 16.7 Å². The Kier molecular flexibility index (Phi) is 8.09. The van der Waals surface area contributed by atoms with E-state index in [1.807, 2.05) is 0 Å². The number of halogens is 9. The van der Waals surface area contributed by atoms with Gasteiger partial charge in [-0.3, -0.25) is 0 Å². The minimum Gasteiger partial charge on any atom is -0.170 e. The first kappa shape index (κ1) is 25.6. The van der Waals surface area contributed by atoms with Crippen LogP contribution >= 0.6 is 0 Å². The van der Waals surface area contributed by atoms with Crippen molar-refractivity contribution in [3.05, 3.63) is 0 Å². The largest absolute Gasteiger partial charge is 0.404 e. The maximum atomic E-state index is 14.7. The van der Waals surface area contributed by atoms with Crippen LogP contribution in [0.2, 0.25) is 0 Å². The molecule has 30 heavy (non-hydrogen) atoms. The lowest BCUT2D eigenvalue weighted by Crippen LogP contribution is -2.68. The molecule has 0 bridgehead atoms. The van der Waals surface area contributed by atoms with E-state index in [9.17, 15) is 39.5 Å². The molecule has 2 rings (SSSR count). The van der Waals surface area contributed by atoms with Crippen molar-refractivity contribution >= 4 is 0 Å². The fourth-order valence-corrected chi connectivity index (χ4v) is 6.00. The lowest BCUT2D eigenvalue weighted by atomic mass is 9.50. The second-order valence-electron chi connectivity index (χ2n) is 9.03. The fourth-order valence-electron chi connectivity index (χ4n) is 6.00. The molecule has 0 N–H and O–H groups in total. The molecule has 2 aliphatic carbocycles. The third kappa shape index (κ3) is 4.59. The van der Waals surface area contributed by atoms with E-state index in [-0.39, 0.29) is 44.9 Å². The number of rotatable bonds is 1. The molecule has 0 aromatic heterocycles. The van der Waals surface area contributed by atoms with E-state index in [0.29, 0.717) is 19.3 Å². The van der Waals surface area contributed by atoms with Crippen LogP contribution < -0.4 is 0 Å². The SMILES string of the molecule is FC(F)(F)C1(C2CCCCCCCC2)CCCCCCCC1(C(F)(F)F)C(F)(F)F. The zero-order chi connectivity index (χ0) is 22.7. The fraction of sp³-hybridized carbons (Fsp3) is 1.00. The van der Waals surface area contributed by atoms with E-state index in [1.165, 1.54) is 0 Å². The second kappa shape index (κ2) is 9.47. The Morgan fingerprint density at radius 2 is 0.800 bits per heavy atom. The van der Waals surface area contributed by atoms with Gasteiger partial charge in [-0.15, -0.1) is 0 Å². The highest BCUT2D eigenvalue weighted by Crippen LogP contribution is 2.72. The van der Waals surface area contributed by atoms with Crippen molar-refractivity contribution in [2.45, 2.75) is 115 Å². The summed E-state index contributed by atoms with van der Waals surface area (Å²) < 4.78 is 130. The zero-order valence-corrected chi connectivity index (χ0v) is 17.1. The Hall–Kier alpha value is -0.630. The zero-order valence-electron chi connectivity index (χ0n) is 17.1. The molecule has 1 unspecified atom stereocenters. The molecular weight excluding hydrogens is 423 g/mol. The molecule has 0 saturated heterocycles. The molecule has 2 aliphatic rings. The summed E-state index contributed by atoms with van der Waals surface area (Å²) >= 11 is 0. The number of hydrogen-bond donors (Lipinski definition) is 0. The van der Waals surface area contributed by atoms with E-state index in [4.69, 9.17) is 0 Å². The van der Waals surface area contributed by atoms with Gasteiger partial charge in [-0.05, 0) is 31.6 Å². The van der Waals surface area contributed by atoms with Gasteiger partial charge in [0, 0.05) is 0 Å². The van der Waals surface area contributed by atoms with Gasteiger partial charge in [-0.1, -0.05) is 70.6 Å². The van der Waals surface area contributed by atoms with Gasteiger partial charge in [0.2, 0.25) is 0 Å². The van der Waals surface area contributed by atoms with Crippen LogP contribution in [0.4, 0.5) is 39.5 Å². The predicted octanol–water partition coefficient (Wildman–Crippen LogP) is 9.14. The molecule has 0 aliphatic heterocycles. The standard InChI is InChI=1S/C21H31F9/c22-19(23,24)17(16-12-8-4-1-2-5-9-13-16)14-10-6-3-7-11-15-18(17,20(25,26)27)21(28,29)30/h16H,1-15H2. The topological polar surface area (TPSA) is 0 Å². The normalized spacial score (nSPS) is 29.1. The molecule has 1 atom stereocenters. The molecule has 0 radical (unpaired) electrons. The molecule has 0 heterocycles. The number of alkyl halides is 9. The van der Waals surface area contributed by atoms with Crippen molar-refractivity contribution in [1.29, 1.82) is 0 Å². The van der Waals surface area contributed by atoms with Crippen LogP contribution in [0.1, 0.15) is 96.3 Å². The summed E-state index contributed by atoms with van der Waals surface area (Å²) in [5.74, 6) is -1.68. The molecule has 0 aromatic rings. The first-order chi connectivity index (χ1) is 13.8. The molecule has 0 nitrogen and oxygen atoms in total. The summed E-state index contributed by atoms with van der Waals surface area (Å²) in [7, 11) is 0. The van der Waals surface area contributed by atoms with Gasteiger partial charge in [0.25, 0.3) is 0 Å². The number of hydrogen-bond acceptors (Lipinski definition) is 0. The van der Waals surface area contributed by atoms with Gasteiger partial charge in [0.05, 0.1) is 5.41 Å². The van der Waals surface area contributed by atoms with Crippen molar-refractivity contribution in [1.82, 2.24) is 0 Å². The average molecular weight is 454 g/mol. The maximum Gasteiger partial charge on any atom is 0.404 e. The maximum absolute atomic E-state index is 14.7. The molecule has 2 fully saturated rings. The Labute approximate surface area is 172 Å². The molecule has 0 spiro atoms. The monoisotopic (exact) mass is 454 g/mol. The van der Waals surface area contributed by atoms with Gasteiger partial charge in [-0.2, -0.15) is 39.5 Å². The minimum absolute atomic E-state index is 0.0759. The van der Waals surface area contributed by atoms with Crippen molar-refractivity contribution in [3.63, 3.8) is 0 Å². The van der Waals surface area contributed by atoms with Crippen LogP contribution in [0.3, 0.4) is 0 Å². The van der Waals surface area contributed by atoms with Gasteiger partial charge in [0.1, 0.15) is 0 Å². The van der Waals surface area contributed by atoms with E-state index >= 15 is 0 Å². The van der Waals surface area contributed by atoms with E-state index in [2.05, 4.69) is 0 Å². The van der Waals surface area contributed by atoms with Crippen LogP contribution in [0.15, 0.2) is 0 Å². The quantitative estimate of drug-likeness (QED) is 0.347. The third-order valence-corrected chi connectivity index (χ3v) is 7.41. The van der Waals surface area contributed by atoms with Crippen molar-refractivity contribution in [3.8, 4) is 0 Å². The van der Waals surface area contributed by atoms with E-state index < -0.39 is 54.5 Å². The summed E-state index contributed by atoms with van der Waals surface area (Å²) in [6.45, 7) is 0. The van der Waals surface area contributed by atoms with Gasteiger partial charge in [0.15, 0.2) is 5.41 Å². The predicted molar refractivity (Wildman–Crippen MR) is 95.8 cm³/mol. The molecular formula is C21H31F9. The van der Waals surface area contributed by atoms with E-state index in [1.54, 1.807) is 0 Å². The van der Waals surface area contributed by atoms with Crippen LogP contribution in [0.25, 0.3) is 0 Å². The highest BCUT2D eigenvalue weighted by molar-refractivity contribution is 5.12. The highest BCUT2D eigenvalue weighted by Gasteiger charge is 2.85. The smallest absolute Gasteiger partial charge is 0.170 e. The average Bonchev–Trinajstić information content (AvgIpc) is 2.78. The first-order valence-corrected chi connectivity index (χ1v) is 11.0. The van der Waals surface area contributed by atoms with Crippen molar-refractivity contribution < 1.29 is 39.5 Å². The van der Waals surface area contributed by atoms with Gasteiger partial charge in [-0.25, -0.2) is 0 Å². The summed E-state index contributed by atoms with van der Waals surface area (Å²) in [6, 6.07) is 0. The summed E-state index contributed by atoms with van der Waals surface area (Å²) in [5.41, 5.74) is -8.61. The Morgan fingerprint density at radius 3 is 1.20 bits per heavy atom. The molecule has 2 saturated carbocycles. The van der Waals surface area contributed by atoms with Gasteiger partial charge >= 0.3 is 18.5 Å². The van der Waals surface area contributed by atoms with Gasteiger partial charge < -0.3 is 0 Å². The third-order valence-electron chi connectivity index (χ3n) is 7.41. The lowest BCUT2D eigenvalue weighted by Gasteiger charge is -2.56.